The molecule has 0 fully saturated rings. The molecule has 0 radical (unpaired) electrons. The predicted molar refractivity (Wildman–Crippen MR) is 113 cm³/mol. The Labute approximate surface area is 170 Å². The highest BCUT2D eigenvalue weighted by atomic mass is 16.5. The Morgan fingerprint density at radius 1 is 0.793 bits per heavy atom. The lowest BCUT2D eigenvalue weighted by Crippen LogP contribution is -2.32. The highest BCUT2D eigenvalue weighted by Gasteiger charge is 2.42. The van der Waals surface area contributed by atoms with Crippen molar-refractivity contribution in [3.8, 4) is 23.0 Å². The summed E-state index contributed by atoms with van der Waals surface area (Å²) in [5.41, 5.74) is 0.701. The average Bonchev–Trinajstić information content (AvgIpc) is 2.76. The van der Waals surface area contributed by atoms with Crippen molar-refractivity contribution in [2.45, 2.75) is 5.60 Å². The minimum Gasteiger partial charge on any atom is -0.489 e. The first kappa shape index (κ1) is 18.8. The van der Waals surface area contributed by atoms with Crippen LogP contribution in [0.3, 0.4) is 0 Å². The van der Waals surface area contributed by atoms with E-state index in [2.05, 4.69) is 13.2 Å². The second-order valence-corrected chi connectivity index (χ2v) is 6.69. The van der Waals surface area contributed by atoms with Crippen molar-refractivity contribution in [2.75, 3.05) is 13.2 Å². The van der Waals surface area contributed by atoms with Crippen LogP contribution in [0.15, 0.2) is 92.0 Å². The smallest absolute Gasteiger partial charge is 0.147 e. The third kappa shape index (κ3) is 3.39. The van der Waals surface area contributed by atoms with Gasteiger partial charge < -0.3 is 19.3 Å². The number of rotatable bonds is 7. The first-order valence-corrected chi connectivity index (χ1v) is 9.39. The van der Waals surface area contributed by atoms with Gasteiger partial charge in [0.05, 0.1) is 0 Å². The van der Waals surface area contributed by atoms with Crippen LogP contribution in [0.4, 0.5) is 0 Å². The Hall–Kier alpha value is -3.50. The molecule has 0 unspecified atom stereocenters. The van der Waals surface area contributed by atoms with Crippen molar-refractivity contribution in [2.24, 2.45) is 0 Å². The molecule has 1 N–H and O–H groups in total. The monoisotopic (exact) mass is 386 g/mol. The third-order valence-corrected chi connectivity index (χ3v) is 4.83. The maximum atomic E-state index is 12.0. The molecule has 3 aromatic carbocycles. The Morgan fingerprint density at radius 3 is 1.79 bits per heavy atom. The van der Waals surface area contributed by atoms with Crippen LogP contribution in [0.25, 0.3) is 0 Å². The summed E-state index contributed by atoms with van der Waals surface area (Å²) in [5.74, 6) is 2.35. The van der Waals surface area contributed by atoms with Gasteiger partial charge in [0.25, 0.3) is 0 Å². The van der Waals surface area contributed by atoms with E-state index in [0.717, 1.165) is 5.56 Å². The fraction of sp³-hybridized carbons (Fsp3) is 0.120. The molecule has 3 aromatic rings. The second-order valence-electron chi connectivity index (χ2n) is 6.69. The van der Waals surface area contributed by atoms with Crippen LogP contribution < -0.4 is 14.2 Å². The minimum atomic E-state index is -1.36. The van der Waals surface area contributed by atoms with Crippen molar-refractivity contribution >= 4 is 0 Å². The predicted octanol–water partition coefficient (Wildman–Crippen LogP) is 5.21. The van der Waals surface area contributed by atoms with Crippen LogP contribution in [0, 0.1) is 0 Å². The van der Waals surface area contributed by atoms with Crippen molar-refractivity contribution < 1.29 is 19.3 Å². The van der Waals surface area contributed by atoms with E-state index in [1.165, 1.54) is 0 Å². The Kier molecular flexibility index (Phi) is 5.10. The van der Waals surface area contributed by atoms with Crippen LogP contribution in [0.1, 0.15) is 16.7 Å². The van der Waals surface area contributed by atoms with E-state index in [9.17, 15) is 5.11 Å². The summed E-state index contributed by atoms with van der Waals surface area (Å²) in [5, 5.41) is 12.0. The SMILES string of the molecule is C=CCOc1ccc2c(c1)Oc1cc(OCC=C)ccc1C2(O)c1ccccc1. The van der Waals surface area contributed by atoms with Gasteiger partial charge in [-0.25, -0.2) is 0 Å². The second kappa shape index (κ2) is 7.86. The molecule has 0 spiro atoms. The lowest BCUT2D eigenvalue weighted by Gasteiger charge is -2.36. The van der Waals surface area contributed by atoms with Gasteiger partial charge in [0.2, 0.25) is 0 Å². The fourth-order valence-electron chi connectivity index (χ4n) is 3.52. The van der Waals surface area contributed by atoms with Crippen molar-refractivity contribution in [1.29, 1.82) is 0 Å². The highest BCUT2D eigenvalue weighted by Crippen LogP contribution is 2.51. The molecule has 4 nitrogen and oxygen atoms in total. The molecule has 0 amide bonds. The Morgan fingerprint density at radius 2 is 1.31 bits per heavy atom. The zero-order chi connectivity index (χ0) is 20.3. The molecule has 1 aliphatic rings. The molecule has 0 saturated heterocycles. The molecule has 1 aliphatic heterocycles. The van der Waals surface area contributed by atoms with Gasteiger partial charge >= 0.3 is 0 Å². The van der Waals surface area contributed by atoms with E-state index in [1.54, 1.807) is 24.3 Å². The van der Waals surface area contributed by atoms with E-state index in [0.29, 0.717) is 47.3 Å². The molecule has 0 aliphatic carbocycles. The van der Waals surface area contributed by atoms with Gasteiger partial charge in [-0.05, 0) is 29.8 Å². The maximum absolute atomic E-state index is 12.0. The molecule has 0 atom stereocenters. The van der Waals surface area contributed by atoms with Crippen LogP contribution in [0.2, 0.25) is 0 Å². The molecular formula is C25H22O4. The van der Waals surface area contributed by atoms with E-state index < -0.39 is 5.60 Å². The van der Waals surface area contributed by atoms with Gasteiger partial charge in [0, 0.05) is 23.3 Å². The quantitative estimate of drug-likeness (QED) is 0.567. The van der Waals surface area contributed by atoms with Gasteiger partial charge in [-0.1, -0.05) is 55.6 Å². The molecule has 146 valence electrons. The van der Waals surface area contributed by atoms with E-state index in [4.69, 9.17) is 14.2 Å². The average molecular weight is 386 g/mol. The van der Waals surface area contributed by atoms with Gasteiger partial charge in [0.1, 0.15) is 41.8 Å². The standard InChI is InChI=1S/C25H22O4/c1-3-14-27-19-10-12-21-23(16-19)29-24-17-20(28-15-4-2)11-13-22(24)25(21,26)18-8-6-5-7-9-18/h3-13,16-17,26H,1-2,14-15H2. The molecule has 4 heteroatoms. The topological polar surface area (TPSA) is 47.9 Å². The minimum absolute atomic E-state index is 0.387. The molecular weight excluding hydrogens is 364 g/mol. The first-order valence-electron chi connectivity index (χ1n) is 9.39. The summed E-state index contributed by atoms with van der Waals surface area (Å²) >= 11 is 0. The van der Waals surface area contributed by atoms with Crippen LogP contribution in [-0.2, 0) is 5.60 Å². The summed E-state index contributed by atoms with van der Waals surface area (Å²) < 4.78 is 17.5. The zero-order valence-corrected chi connectivity index (χ0v) is 16.0. The Balaban J connectivity index is 1.86. The van der Waals surface area contributed by atoms with Crippen molar-refractivity contribution in [1.82, 2.24) is 0 Å². The summed E-state index contributed by atoms with van der Waals surface area (Å²) in [7, 11) is 0. The number of aliphatic hydroxyl groups is 1. The Bertz CT molecular complexity index is 978. The van der Waals surface area contributed by atoms with Crippen LogP contribution in [-0.4, -0.2) is 18.3 Å². The molecule has 29 heavy (non-hydrogen) atoms. The van der Waals surface area contributed by atoms with E-state index in [-0.39, 0.29) is 0 Å². The summed E-state index contributed by atoms with van der Waals surface area (Å²) in [6.45, 7) is 8.12. The van der Waals surface area contributed by atoms with Crippen LogP contribution in [0.5, 0.6) is 23.0 Å². The summed E-state index contributed by atoms with van der Waals surface area (Å²) in [4.78, 5) is 0. The maximum Gasteiger partial charge on any atom is 0.147 e. The highest BCUT2D eigenvalue weighted by molar-refractivity contribution is 5.63. The molecule has 4 rings (SSSR count). The molecule has 1 heterocycles. The summed E-state index contributed by atoms with van der Waals surface area (Å²) in [6.07, 6.45) is 3.36. The number of ether oxygens (including phenoxy) is 3. The molecule has 0 bridgehead atoms. The van der Waals surface area contributed by atoms with Crippen LogP contribution >= 0.6 is 0 Å². The third-order valence-electron chi connectivity index (χ3n) is 4.83. The van der Waals surface area contributed by atoms with Gasteiger partial charge in [-0.2, -0.15) is 0 Å². The van der Waals surface area contributed by atoms with E-state index >= 15 is 0 Å². The lowest BCUT2D eigenvalue weighted by molar-refractivity contribution is 0.112. The number of benzene rings is 3. The normalized spacial score (nSPS) is 13.4. The number of hydrogen-bond donors (Lipinski definition) is 1. The van der Waals surface area contributed by atoms with Crippen molar-refractivity contribution in [3.63, 3.8) is 0 Å². The number of hydrogen-bond acceptors (Lipinski definition) is 4. The van der Waals surface area contributed by atoms with Gasteiger partial charge in [-0.15, -0.1) is 0 Å². The number of fused-ring (bicyclic) bond motifs is 2. The summed E-state index contributed by atoms with van der Waals surface area (Å²) in [6, 6.07) is 20.4. The van der Waals surface area contributed by atoms with Crippen molar-refractivity contribution in [3.05, 3.63) is 109 Å². The molecule has 0 saturated carbocycles. The lowest BCUT2D eigenvalue weighted by atomic mass is 9.78. The van der Waals surface area contributed by atoms with Gasteiger partial charge in [0.15, 0.2) is 0 Å². The van der Waals surface area contributed by atoms with Gasteiger partial charge in [-0.3, -0.25) is 0 Å². The fourth-order valence-corrected chi connectivity index (χ4v) is 3.52. The van der Waals surface area contributed by atoms with E-state index in [1.807, 2.05) is 54.6 Å². The zero-order valence-electron chi connectivity index (χ0n) is 16.0. The first-order chi connectivity index (χ1) is 14.2. The largest absolute Gasteiger partial charge is 0.489 e. The molecule has 0 aromatic heterocycles.